The number of rotatable bonds is 3. The van der Waals surface area contributed by atoms with Crippen molar-refractivity contribution in [2.45, 2.75) is 0 Å². The number of H-pyrrole nitrogens is 1. The molecule has 140 valence electrons. The molecule has 2 N–H and O–H groups in total. The summed E-state index contributed by atoms with van der Waals surface area (Å²) in [7, 11) is 0. The third-order valence-electron chi connectivity index (χ3n) is 4.82. The Morgan fingerprint density at radius 3 is 2.97 bits per heavy atom. The van der Waals surface area contributed by atoms with Gasteiger partial charge in [-0.2, -0.15) is 5.10 Å². The number of imidazole rings is 1. The van der Waals surface area contributed by atoms with E-state index in [1.165, 1.54) is 21.4 Å². The maximum absolute atomic E-state index is 12.7. The minimum Gasteiger partial charge on any atom is -0.321 e. The molecule has 29 heavy (non-hydrogen) atoms. The van der Waals surface area contributed by atoms with E-state index in [1.54, 1.807) is 23.7 Å². The van der Waals surface area contributed by atoms with Crippen molar-refractivity contribution < 1.29 is 4.79 Å². The number of nitrogens with zero attached hydrogens (tertiary/aromatic N) is 3. The lowest BCUT2D eigenvalue weighted by Crippen LogP contribution is -2.12. The van der Waals surface area contributed by atoms with E-state index in [2.05, 4.69) is 38.7 Å². The molecule has 0 atom stereocenters. The average molecular weight is 416 g/mol. The van der Waals surface area contributed by atoms with Gasteiger partial charge >= 0.3 is 0 Å². The molecule has 1 amide bonds. The molecule has 6 aromatic rings. The zero-order chi connectivity index (χ0) is 19.4. The van der Waals surface area contributed by atoms with Crippen molar-refractivity contribution >= 4 is 60.2 Å². The summed E-state index contributed by atoms with van der Waals surface area (Å²) in [5.41, 5.74) is 3.08. The second-order valence-electron chi connectivity index (χ2n) is 6.68. The fourth-order valence-corrected chi connectivity index (χ4v) is 5.26. The Labute approximate surface area is 172 Å². The Morgan fingerprint density at radius 1 is 1.14 bits per heavy atom. The number of hydrogen-bond donors (Lipinski definition) is 2. The topological polar surface area (TPSA) is 75.1 Å². The van der Waals surface area contributed by atoms with E-state index in [0.29, 0.717) is 11.4 Å². The molecule has 6 rings (SSSR count). The quantitative estimate of drug-likeness (QED) is 0.406. The van der Waals surface area contributed by atoms with Crippen molar-refractivity contribution in [1.82, 2.24) is 19.6 Å². The number of fused-ring (bicyclic) bond motifs is 3. The van der Waals surface area contributed by atoms with E-state index in [0.717, 1.165) is 26.3 Å². The van der Waals surface area contributed by atoms with Crippen LogP contribution in [0.5, 0.6) is 0 Å². The van der Waals surface area contributed by atoms with Gasteiger partial charge in [0.2, 0.25) is 0 Å². The Bertz CT molecular complexity index is 1460. The van der Waals surface area contributed by atoms with E-state index in [1.807, 2.05) is 40.2 Å². The van der Waals surface area contributed by atoms with Gasteiger partial charge in [-0.15, -0.1) is 22.7 Å². The number of carbonyl (C=O) groups excluding carboxylic acids is 1. The highest BCUT2D eigenvalue weighted by molar-refractivity contribution is 7.22. The van der Waals surface area contributed by atoms with Gasteiger partial charge in [0.1, 0.15) is 5.69 Å². The second-order valence-corrected chi connectivity index (χ2v) is 8.64. The highest BCUT2D eigenvalue weighted by Gasteiger charge is 2.15. The maximum Gasteiger partial charge on any atom is 0.275 e. The molecule has 2 aromatic carbocycles. The number of benzene rings is 2. The van der Waals surface area contributed by atoms with Gasteiger partial charge in [-0.05, 0) is 29.7 Å². The van der Waals surface area contributed by atoms with Crippen LogP contribution in [0.15, 0.2) is 66.4 Å². The number of carbonyl (C=O) groups is 1. The lowest BCUT2D eigenvalue weighted by atomic mass is 10.1. The maximum atomic E-state index is 12.7. The summed E-state index contributed by atoms with van der Waals surface area (Å²) in [6, 6.07) is 14.4. The summed E-state index contributed by atoms with van der Waals surface area (Å²) in [6.45, 7) is 0. The Kier molecular flexibility index (Phi) is 3.56. The summed E-state index contributed by atoms with van der Waals surface area (Å²) in [5, 5.41) is 14.4. The average Bonchev–Trinajstić information content (AvgIpc) is 3.48. The molecule has 0 aliphatic carbocycles. The van der Waals surface area contributed by atoms with Gasteiger partial charge in [-0.3, -0.25) is 14.3 Å². The molecule has 0 fully saturated rings. The zero-order valence-electron chi connectivity index (χ0n) is 14.9. The van der Waals surface area contributed by atoms with Crippen LogP contribution in [0.1, 0.15) is 10.5 Å². The van der Waals surface area contributed by atoms with Crippen LogP contribution in [-0.2, 0) is 0 Å². The number of thiazole rings is 1. The molecule has 0 spiro atoms. The number of amides is 1. The van der Waals surface area contributed by atoms with Crippen LogP contribution in [-0.4, -0.2) is 25.5 Å². The first-order valence-corrected chi connectivity index (χ1v) is 10.6. The lowest BCUT2D eigenvalue weighted by Gasteiger charge is -2.07. The number of hydrogen-bond acceptors (Lipinski definition) is 5. The number of thiophene rings is 1. The highest BCUT2D eigenvalue weighted by atomic mass is 32.1. The first-order chi connectivity index (χ1) is 14.2. The molecule has 6 nitrogen and oxygen atoms in total. The predicted molar refractivity (Wildman–Crippen MR) is 118 cm³/mol. The van der Waals surface area contributed by atoms with Crippen LogP contribution in [0, 0.1) is 0 Å². The van der Waals surface area contributed by atoms with Crippen molar-refractivity contribution in [1.29, 1.82) is 0 Å². The third-order valence-corrected chi connectivity index (χ3v) is 6.74. The molecule has 0 saturated carbocycles. The minimum atomic E-state index is -0.231. The fourth-order valence-electron chi connectivity index (χ4n) is 3.47. The first kappa shape index (κ1) is 16.5. The zero-order valence-corrected chi connectivity index (χ0v) is 16.6. The minimum absolute atomic E-state index is 0.231. The van der Waals surface area contributed by atoms with Crippen molar-refractivity contribution in [2.75, 3.05) is 5.32 Å². The third kappa shape index (κ3) is 2.72. The lowest BCUT2D eigenvalue weighted by molar-refractivity contribution is 0.102. The van der Waals surface area contributed by atoms with Crippen LogP contribution in [0.4, 0.5) is 5.69 Å². The molecule has 0 saturated heterocycles. The van der Waals surface area contributed by atoms with Gasteiger partial charge in [0.25, 0.3) is 5.91 Å². The van der Waals surface area contributed by atoms with Gasteiger partial charge < -0.3 is 5.32 Å². The second kappa shape index (κ2) is 6.26. The fraction of sp³-hybridized carbons (Fsp3) is 0. The van der Waals surface area contributed by atoms with E-state index >= 15 is 0 Å². The molecule has 0 radical (unpaired) electrons. The van der Waals surface area contributed by atoms with Gasteiger partial charge in [-0.1, -0.05) is 18.2 Å². The van der Waals surface area contributed by atoms with E-state index in [9.17, 15) is 4.79 Å². The Morgan fingerprint density at radius 2 is 2.07 bits per heavy atom. The van der Waals surface area contributed by atoms with Crippen LogP contribution in [0.25, 0.3) is 36.4 Å². The molecule has 0 unspecified atom stereocenters. The number of aromatic nitrogens is 4. The van der Waals surface area contributed by atoms with Crippen molar-refractivity contribution in [3.8, 4) is 10.4 Å². The summed E-state index contributed by atoms with van der Waals surface area (Å²) in [5.74, 6) is -0.231. The molecule has 0 bridgehead atoms. The summed E-state index contributed by atoms with van der Waals surface area (Å²) in [6.07, 6.45) is 5.40. The molecular formula is C21H13N5OS2. The Balaban J connectivity index is 1.42. The van der Waals surface area contributed by atoms with Crippen LogP contribution in [0.2, 0.25) is 0 Å². The number of aromatic amines is 1. The normalized spacial score (nSPS) is 11.6. The standard InChI is InChI=1S/C21H13N5OS2/c27-20(16-11-26-5-6-28-21(26)24-16)23-14-7-13-10-22-25-19(13)15(9-14)18-8-12-3-1-2-4-17(12)29-18/h1-11H,(H,22,25)(H,23,27). The summed E-state index contributed by atoms with van der Waals surface area (Å²) >= 11 is 3.22. The van der Waals surface area contributed by atoms with Gasteiger partial charge in [0.15, 0.2) is 4.96 Å². The Hall–Kier alpha value is -3.49. The molecule has 4 heterocycles. The van der Waals surface area contributed by atoms with E-state index in [-0.39, 0.29) is 5.91 Å². The molecular weight excluding hydrogens is 402 g/mol. The predicted octanol–water partition coefficient (Wildman–Crippen LogP) is 5.41. The van der Waals surface area contributed by atoms with Crippen LogP contribution < -0.4 is 5.32 Å². The summed E-state index contributed by atoms with van der Waals surface area (Å²) in [4.78, 5) is 19.0. The van der Waals surface area contributed by atoms with Crippen LogP contribution in [0.3, 0.4) is 0 Å². The first-order valence-electron chi connectivity index (χ1n) is 8.94. The monoisotopic (exact) mass is 415 g/mol. The van der Waals surface area contributed by atoms with Crippen molar-refractivity contribution in [3.63, 3.8) is 0 Å². The number of nitrogens with one attached hydrogen (secondary N) is 2. The molecule has 4 aromatic heterocycles. The van der Waals surface area contributed by atoms with Gasteiger partial charge in [0, 0.05) is 44.0 Å². The van der Waals surface area contributed by atoms with E-state index in [4.69, 9.17) is 0 Å². The van der Waals surface area contributed by atoms with Gasteiger partial charge in [-0.25, -0.2) is 4.98 Å². The van der Waals surface area contributed by atoms with Crippen molar-refractivity contribution in [3.05, 3.63) is 72.1 Å². The van der Waals surface area contributed by atoms with Gasteiger partial charge in [0.05, 0.1) is 11.7 Å². The molecule has 8 heteroatoms. The highest BCUT2D eigenvalue weighted by Crippen LogP contribution is 2.38. The summed E-state index contributed by atoms with van der Waals surface area (Å²) < 4.78 is 3.07. The van der Waals surface area contributed by atoms with E-state index < -0.39 is 0 Å². The molecule has 0 aliphatic heterocycles. The number of anilines is 1. The van der Waals surface area contributed by atoms with Crippen molar-refractivity contribution in [2.24, 2.45) is 0 Å². The SMILES string of the molecule is O=C(Nc1cc(-c2cc3ccccc3s2)c2[nH]ncc2c1)c1cn2ccsc2n1. The van der Waals surface area contributed by atoms with Crippen LogP contribution >= 0.6 is 22.7 Å². The smallest absolute Gasteiger partial charge is 0.275 e. The largest absolute Gasteiger partial charge is 0.321 e. The molecule has 0 aliphatic rings.